The number of amides is 2. The number of benzene rings is 2. The van der Waals surface area contributed by atoms with Crippen molar-refractivity contribution in [1.82, 2.24) is 5.32 Å². The van der Waals surface area contributed by atoms with Crippen LogP contribution in [0.5, 0.6) is 0 Å². The molecule has 4 nitrogen and oxygen atoms in total. The van der Waals surface area contributed by atoms with Crippen LogP contribution in [0.2, 0.25) is 0 Å². The summed E-state index contributed by atoms with van der Waals surface area (Å²) in [5, 5.41) is 3.19. The summed E-state index contributed by atoms with van der Waals surface area (Å²) in [6.45, 7) is 0.159. The van der Waals surface area contributed by atoms with Crippen molar-refractivity contribution in [3.63, 3.8) is 0 Å². The number of nitrogens with one attached hydrogen (secondary N) is 1. The third-order valence-electron chi connectivity index (χ3n) is 5.89. The Morgan fingerprint density at radius 3 is 2.57 bits per heavy atom. The standard InChI is InChI=1S/C24H27FN2O2S/c25-20-11-7-6-8-18(20)15-27-21-14-17(12-13-22(21)30-16-23(27)28)24(29)26-19-9-4-2-1-3-5-10-19/h6-8,11-14,19H,1-5,9-10,15-16H2,(H,26,29). The Hall–Kier alpha value is -2.34. The van der Waals surface area contributed by atoms with Crippen LogP contribution in [0.3, 0.4) is 0 Å². The van der Waals surface area contributed by atoms with Crippen molar-refractivity contribution < 1.29 is 14.0 Å². The highest BCUT2D eigenvalue weighted by Gasteiger charge is 2.27. The van der Waals surface area contributed by atoms with Gasteiger partial charge < -0.3 is 10.2 Å². The highest BCUT2D eigenvalue weighted by Crippen LogP contribution is 2.37. The second-order valence-electron chi connectivity index (χ2n) is 8.06. The van der Waals surface area contributed by atoms with Crippen LogP contribution in [0.4, 0.5) is 10.1 Å². The lowest BCUT2D eigenvalue weighted by Gasteiger charge is -2.30. The van der Waals surface area contributed by atoms with Crippen LogP contribution in [0.1, 0.15) is 60.9 Å². The van der Waals surface area contributed by atoms with Gasteiger partial charge in [0.25, 0.3) is 5.91 Å². The van der Waals surface area contributed by atoms with Gasteiger partial charge >= 0.3 is 0 Å². The molecule has 0 unspecified atom stereocenters. The number of rotatable bonds is 4. The third kappa shape index (κ3) is 4.86. The third-order valence-corrected chi connectivity index (χ3v) is 6.94. The fraction of sp³-hybridized carbons (Fsp3) is 0.417. The van der Waals surface area contributed by atoms with Gasteiger partial charge in [0.05, 0.1) is 18.0 Å². The largest absolute Gasteiger partial charge is 0.349 e. The first-order valence-electron chi connectivity index (χ1n) is 10.7. The van der Waals surface area contributed by atoms with Crippen molar-refractivity contribution in [3.05, 3.63) is 59.4 Å². The Labute approximate surface area is 181 Å². The fourth-order valence-electron chi connectivity index (χ4n) is 4.18. The van der Waals surface area contributed by atoms with E-state index in [4.69, 9.17) is 0 Å². The van der Waals surface area contributed by atoms with E-state index in [1.165, 1.54) is 37.1 Å². The highest BCUT2D eigenvalue weighted by molar-refractivity contribution is 8.00. The van der Waals surface area contributed by atoms with Gasteiger partial charge in [-0.25, -0.2) is 4.39 Å². The summed E-state index contributed by atoms with van der Waals surface area (Å²) >= 11 is 1.46. The minimum Gasteiger partial charge on any atom is -0.349 e. The number of hydrogen-bond acceptors (Lipinski definition) is 3. The van der Waals surface area contributed by atoms with Crippen LogP contribution in [0.25, 0.3) is 0 Å². The predicted molar refractivity (Wildman–Crippen MR) is 118 cm³/mol. The van der Waals surface area contributed by atoms with E-state index in [9.17, 15) is 14.0 Å². The zero-order valence-corrected chi connectivity index (χ0v) is 17.8. The molecule has 4 rings (SSSR count). The first-order valence-corrected chi connectivity index (χ1v) is 11.7. The van der Waals surface area contributed by atoms with E-state index in [2.05, 4.69) is 5.32 Å². The van der Waals surface area contributed by atoms with Crippen molar-refractivity contribution in [2.45, 2.75) is 62.4 Å². The second-order valence-corrected chi connectivity index (χ2v) is 9.08. The lowest BCUT2D eigenvalue weighted by atomic mass is 9.96. The summed E-state index contributed by atoms with van der Waals surface area (Å²) < 4.78 is 14.2. The predicted octanol–water partition coefficient (Wildman–Crippen LogP) is 5.31. The molecule has 2 aromatic rings. The van der Waals surface area contributed by atoms with E-state index in [1.807, 2.05) is 12.1 Å². The summed E-state index contributed by atoms with van der Waals surface area (Å²) in [4.78, 5) is 28.1. The van der Waals surface area contributed by atoms with Crippen LogP contribution < -0.4 is 10.2 Å². The molecule has 0 saturated heterocycles. The summed E-state index contributed by atoms with van der Waals surface area (Å²) in [5.74, 6) is -0.191. The number of thioether (sulfide) groups is 1. The molecule has 1 aliphatic heterocycles. The fourth-order valence-corrected chi connectivity index (χ4v) is 5.10. The van der Waals surface area contributed by atoms with Gasteiger partial charge in [-0.1, -0.05) is 50.3 Å². The maximum Gasteiger partial charge on any atom is 0.251 e. The molecule has 1 saturated carbocycles. The maximum absolute atomic E-state index is 14.2. The molecule has 0 aromatic heterocycles. The summed E-state index contributed by atoms with van der Waals surface area (Å²) in [5.41, 5.74) is 1.70. The average Bonchev–Trinajstić information content (AvgIpc) is 2.73. The van der Waals surface area contributed by atoms with E-state index in [1.54, 1.807) is 29.2 Å². The first kappa shape index (κ1) is 20.9. The van der Waals surface area contributed by atoms with E-state index in [0.717, 1.165) is 30.6 Å². The number of fused-ring (bicyclic) bond motifs is 1. The molecule has 2 aromatic carbocycles. The van der Waals surface area contributed by atoms with Crippen molar-refractivity contribution >= 4 is 29.3 Å². The summed E-state index contributed by atoms with van der Waals surface area (Å²) in [6, 6.07) is 12.2. The quantitative estimate of drug-likeness (QED) is 0.721. The molecule has 158 valence electrons. The van der Waals surface area contributed by atoms with Gasteiger partial charge in [-0.2, -0.15) is 0 Å². The number of halogens is 1. The highest BCUT2D eigenvalue weighted by atomic mass is 32.2. The monoisotopic (exact) mass is 426 g/mol. The van der Waals surface area contributed by atoms with Gasteiger partial charge in [-0.05, 0) is 37.1 Å². The molecule has 0 spiro atoms. The Kier molecular flexibility index (Phi) is 6.72. The van der Waals surface area contributed by atoms with Crippen LogP contribution in [-0.4, -0.2) is 23.6 Å². The minimum absolute atomic E-state index is 0.0756. The van der Waals surface area contributed by atoms with Crippen LogP contribution in [-0.2, 0) is 11.3 Å². The summed E-state index contributed by atoms with van der Waals surface area (Å²) in [7, 11) is 0. The Balaban J connectivity index is 1.54. The van der Waals surface area contributed by atoms with Crippen LogP contribution in [0.15, 0.2) is 47.4 Å². The van der Waals surface area contributed by atoms with Gasteiger partial charge in [0.2, 0.25) is 5.91 Å². The molecule has 2 aliphatic rings. The van der Waals surface area contributed by atoms with Gasteiger partial charge in [0, 0.05) is 22.1 Å². The zero-order valence-electron chi connectivity index (χ0n) is 17.0. The Bertz CT molecular complexity index is 925. The van der Waals surface area contributed by atoms with Crippen molar-refractivity contribution in [2.75, 3.05) is 10.7 Å². The Morgan fingerprint density at radius 2 is 1.80 bits per heavy atom. The molecule has 1 heterocycles. The molecule has 0 radical (unpaired) electrons. The van der Waals surface area contributed by atoms with E-state index >= 15 is 0 Å². The number of carbonyl (C=O) groups excluding carboxylic acids is 2. The average molecular weight is 427 g/mol. The number of hydrogen-bond donors (Lipinski definition) is 1. The topological polar surface area (TPSA) is 49.4 Å². The number of carbonyl (C=O) groups is 2. The molecule has 30 heavy (non-hydrogen) atoms. The lowest BCUT2D eigenvalue weighted by Crippen LogP contribution is -2.37. The molecule has 2 amide bonds. The second kappa shape index (κ2) is 9.65. The molecule has 0 bridgehead atoms. The van der Waals surface area contributed by atoms with E-state index in [-0.39, 0.29) is 30.2 Å². The maximum atomic E-state index is 14.2. The van der Waals surface area contributed by atoms with Gasteiger partial charge in [-0.3, -0.25) is 9.59 Å². The van der Waals surface area contributed by atoms with Crippen LogP contribution in [0, 0.1) is 5.82 Å². The van der Waals surface area contributed by atoms with Crippen molar-refractivity contribution in [2.24, 2.45) is 0 Å². The molecule has 1 N–H and O–H groups in total. The minimum atomic E-state index is -0.330. The van der Waals surface area contributed by atoms with E-state index in [0.29, 0.717) is 22.6 Å². The molecular formula is C24H27FN2O2S. The molecule has 1 aliphatic carbocycles. The molecule has 1 fully saturated rings. The zero-order chi connectivity index (χ0) is 20.9. The van der Waals surface area contributed by atoms with Crippen molar-refractivity contribution in [3.8, 4) is 0 Å². The van der Waals surface area contributed by atoms with E-state index < -0.39 is 0 Å². The molecular weight excluding hydrogens is 399 g/mol. The van der Waals surface area contributed by atoms with Gasteiger partial charge in [0.15, 0.2) is 0 Å². The SMILES string of the molecule is O=C(NC1CCCCCCC1)c1ccc2c(c1)N(Cc1ccccc1F)C(=O)CS2. The van der Waals surface area contributed by atoms with Crippen molar-refractivity contribution in [1.29, 1.82) is 0 Å². The van der Waals surface area contributed by atoms with Gasteiger partial charge in [-0.15, -0.1) is 11.8 Å². The molecule has 0 atom stereocenters. The Morgan fingerprint density at radius 1 is 1.07 bits per heavy atom. The lowest BCUT2D eigenvalue weighted by molar-refractivity contribution is -0.116. The first-order chi connectivity index (χ1) is 14.6. The summed E-state index contributed by atoms with van der Waals surface area (Å²) in [6.07, 6.45) is 8.09. The number of nitrogens with zero attached hydrogens (tertiary/aromatic N) is 1. The van der Waals surface area contributed by atoms with Crippen LogP contribution >= 0.6 is 11.8 Å². The smallest absolute Gasteiger partial charge is 0.251 e. The number of anilines is 1. The normalized spacial score (nSPS) is 17.8. The van der Waals surface area contributed by atoms with Gasteiger partial charge in [0.1, 0.15) is 5.82 Å². The molecule has 6 heteroatoms.